The van der Waals surface area contributed by atoms with Gasteiger partial charge in [0.2, 0.25) is 5.91 Å². The predicted octanol–water partition coefficient (Wildman–Crippen LogP) is 3.55. The number of aromatic nitrogens is 1. The third-order valence-electron chi connectivity index (χ3n) is 2.84. The molecule has 0 saturated heterocycles. The molecule has 1 aromatic carbocycles. The lowest BCUT2D eigenvalue weighted by molar-refractivity contribution is -0.116. The first-order valence-electron chi connectivity index (χ1n) is 6.45. The number of nitrogens with one attached hydrogen (secondary N) is 1. The van der Waals surface area contributed by atoms with E-state index in [0.717, 1.165) is 0 Å². The number of amides is 2. The molecule has 8 heteroatoms. The molecule has 116 valence electrons. The highest BCUT2D eigenvalue weighted by Gasteiger charge is 2.20. The molecule has 0 aliphatic carbocycles. The van der Waals surface area contributed by atoms with Gasteiger partial charge < -0.3 is 10.2 Å². The molecule has 0 aliphatic heterocycles. The number of hydrogen-bond donors (Lipinski definition) is 1. The summed E-state index contributed by atoms with van der Waals surface area (Å²) in [6, 6.07) is 4.64. The molecule has 5 nitrogen and oxygen atoms in total. The van der Waals surface area contributed by atoms with Crippen molar-refractivity contribution in [2.75, 3.05) is 18.4 Å². The highest BCUT2D eigenvalue weighted by atomic mass is 35.5. The molecule has 2 rings (SSSR count). The fraction of sp³-hybridized carbons (Fsp3) is 0.214. The average molecular weight is 358 g/mol. The van der Waals surface area contributed by atoms with Crippen molar-refractivity contribution in [2.45, 2.75) is 6.92 Å². The van der Waals surface area contributed by atoms with Gasteiger partial charge in [0.15, 0.2) is 5.13 Å². The van der Waals surface area contributed by atoms with Crippen molar-refractivity contribution >= 4 is 51.5 Å². The van der Waals surface area contributed by atoms with Crippen molar-refractivity contribution in [1.82, 2.24) is 9.88 Å². The first-order chi connectivity index (χ1) is 10.5. The van der Waals surface area contributed by atoms with Gasteiger partial charge in [-0.3, -0.25) is 9.59 Å². The van der Waals surface area contributed by atoms with Crippen molar-refractivity contribution in [1.29, 1.82) is 0 Å². The van der Waals surface area contributed by atoms with E-state index in [9.17, 15) is 9.59 Å². The lowest BCUT2D eigenvalue weighted by Gasteiger charge is -2.20. The van der Waals surface area contributed by atoms with E-state index in [4.69, 9.17) is 23.2 Å². The number of halogens is 2. The summed E-state index contributed by atoms with van der Waals surface area (Å²) in [6.07, 6.45) is 1.59. The fourth-order valence-electron chi connectivity index (χ4n) is 1.78. The third kappa shape index (κ3) is 4.19. The van der Waals surface area contributed by atoms with E-state index in [0.29, 0.717) is 22.3 Å². The normalized spacial score (nSPS) is 10.3. The maximum atomic E-state index is 12.5. The summed E-state index contributed by atoms with van der Waals surface area (Å²) in [5.74, 6) is -0.631. The van der Waals surface area contributed by atoms with Crippen LogP contribution in [0.2, 0.25) is 10.0 Å². The highest BCUT2D eigenvalue weighted by Crippen LogP contribution is 2.22. The Hall–Kier alpha value is -1.63. The van der Waals surface area contributed by atoms with Crippen LogP contribution in [-0.2, 0) is 4.79 Å². The van der Waals surface area contributed by atoms with Gasteiger partial charge in [-0.1, -0.05) is 23.2 Å². The van der Waals surface area contributed by atoms with Crippen molar-refractivity contribution in [3.63, 3.8) is 0 Å². The second kappa shape index (κ2) is 7.58. The molecule has 1 aromatic heterocycles. The Morgan fingerprint density at radius 2 is 2.14 bits per heavy atom. The summed E-state index contributed by atoms with van der Waals surface area (Å²) >= 11 is 13.2. The molecule has 2 aromatic rings. The Bertz CT molecular complexity index is 677. The van der Waals surface area contributed by atoms with Crippen LogP contribution in [-0.4, -0.2) is 34.8 Å². The van der Waals surface area contributed by atoms with Gasteiger partial charge in [0.05, 0.1) is 10.6 Å². The highest BCUT2D eigenvalue weighted by molar-refractivity contribution is 7.13. The summed E-state index contributed by atoms with van der Waals surface area (Å²) < 4.78 is 0. The maximum Gasteiger partial charge on any atom is 0.255 e. The zero-order chi connectivity index (χ0) is 16.1. The standard InChI is InChI=1S/C14H13Cl2N3O2S/c1-2-19(8-12(20)18-14-17-5-6-22-14)13(21)10-4-3-9(15)7-11(10)16/h3-7H,2,8H2,1H3,(H,17,18,20). The van der Waals surface area contributed by atoms with E-state index in [1.807, 2.05) is 0 Å². The Morgan fingerprint density at radius 1 is 1.36 bits per heavy atom. The van der Waals surface area contributed by atoms with Gasteiger partial charge in [-0.25, -0.2) is 4.98 Å². The van der Waals surface area contributed by atoms with Gasteiger partial charge in [-0.2, -0.15) is 0 Å². The Kier molecular flexibility index (Phi) is 5.76. The number of hydrogen-bond acceptors (Lipinski definition) is 4. The van der Waals surface area contributed by atoms with Gasteiger partial charge in [0.25, 0.3) is 5.91 Å². The molecule has 1 N–H and O–H groups in total. The minimum absolute atomic E-state index is 0.0755. The molecule has 0 radical (unpaired) electrons. The Morgan fingerprint density at radius 3 is 2.73 bits per heavy atom. The first kappa shape index (κ1) is 16.7. The van der Waals surface area contributed by atoms with Crippen molar-refractivity contribution in [3.05, 3.63) is 45.4 Å². The quantitative estimate of drug-likeness (QED) is 0.889. The van der Waals surface area contributed by atoms with Crippen LogP contribution in [0.4, 0.5) is 5.13 Å². The van der Waals surface area contributed by atoms with Crippen LogP contribution in [0.25, 0.3) is 0 Å². The zero-order valence-electron chi connectivity index (χ0n) is 11.7. The largest absolute Gasteiger partial charge is 0.330 e. The SMILES string of the molecule is CCN(CC(=O)Nc1nccs1)C(=O)c1ccc(Cl)cc1Cl. The number of carbonyl (C=O) groups is 2. The second-order valence-corrected chi connectivity index (χ2v) is 6.07. The zero-order valence-corrected chi connectivity index (χ0v) is 14.0. The molecule has 1 heterocycles. The van der Waals surface area contributed by atoms with E-state index in [-0.39, 0.29) is 23.4 Å². The molecule has 0 aliphatic rings. The van der Waals surface area contributed by atoms with Crippen molar-refractivity contribution < 1.29 is 9.59 Å². The summed E-state index contributed by atoms with van der Waals surface area (Å²) in [7, 11) is 0. The molecular weight excluding hydrogens is 345 g/mol. The number of carbonyl (C=O) groups excluding carboxylic acids is 2. The van der Waals surface area contributed by atoms with Gasteiger partial charge in [0, 0.05) is 23.1 Å². The number of thiazole rings is 1. The number of rotatable bonds is 5. The maximum absolute atomic E-state index is 12.5. The van der Waals surface area contributed by atoms with Crippen molar-refractivity contribution in [2.24, 2.45) is 0 Å². The summed E-state index contributed by atoms with van der Waals surface area (Å²) in [4.78, 5) is 29.8. The molecule has 0 spiro atoms. The Labute approximate surface area is 141 Å². The Balaban J connectivity index is 2.07. The number of benzene rings is 1. The van der Waals surface area contributed by atoms with Crippen LogP contribution in [0, 0.1) is 0 Å². The molecule has 0 saturated carbocycles. The molecule has 0 bridgehead atoms. The smallest absolute Gasteiger partial charge is 0.255 e. The number of anilines is 1. The number of nitrogens with zero attached hydrogens (tertiary/aromatic N) is 2. The van der Waals surface area contributed by atoms with Crippen molar-refractivity contribution in [3.8, 4) is 0 Å². The van der Waals surface area contributed by atoms with Crippen LogP contribution in [0.3, 0.4) is 0 Å². The van der Waals surface area contributed by atoms with E-state index < -0.39 is 0 Å². The minimum atomic E-state index is -0.321. The lowest BCUT2D eigenvalue weighted by Crippen LogP contribution is -2.38. The lowest BCUT2D eigenvalue weighted by atomic mass is 10.2. The third-order valence-corrected chi connectivity index (χ3v) is 4.08. The van der Waals surface area contributed by atoms with Crippen LogP contribution in [0.15, 0.2) is 29.8 Å². The van der Waals surface area contributed by atoms with E-state index in [2.05, 4.69) is 10.3 Å². The van der Waals surface area contributed by atoms with Gasteiger partial charge in [-0.15, -0.1) is 11.3 Å². The average Bonchev–Trinajstić information content (AvgIpc) is 2.97. The monoisotopic (exact) mass is 357 g/mol. The summed E-state index contributed by atoms with van der Waals surface area (Å²) in [6.45, 7) is 2.09. The van der Waals surface area contributed by atoms with E-state index in [1.54, 1.807) is 30.6 Å². The van der Waals surface area contributed by atoms with Gasteiger partial charge in [-0.05, 0) is 25.1 Å². The fourth-order valence-corrected chi connectivity index (χ4v) is 2.81. The molecule has 0 atom stereocenters. The van der Waals surface area contributed by atoms with Gasteiger partial charge in [0.1, 0.15) is 6.54 Å². The topological polar surface area (TPSA) is 62.3 Å². The second-order valence-electron chi connectivity index (χ2n) is 4.33. The van der Waals surface area contributed by atoms with Crippen LogP contribution in [0.1, 0.15) is 17.3 Å². The number of likely N-dealkylation sites (N-methyl/N-ethyl adjacent to an activating group) is 1. The van der Waals surface area contributed by atoms with Gasteiger partial charge >= 0.3 is 0 Å². The minimum Gasteiger partial charge on any atom is -0.330 e. The van der Waals surface area contributed by atoms with E-state index in [1.165, 1.54) is 22.3 Å². The molecule has 22 heavy (non-hydrogen) atoms. The summed E-state index contributed by atoms with van der Waals surface area (Å²) in [5.41, 5.74) is 0.315. The van der Waals surface area contributed by atoms with Crippen LogP contribution < -0.4 is 5.32 Å². The predicted molar refractivity (Wildman–Crippen MR) is 88.8 cm³/mol. The molecule has 0 fully saturated rings. The first-order valence-corrected chi connectivity index (χ1v) is 8.08. The van der Waals surface area contributed by atoms with Crippen LogP contribution >= 0.6 is 34.5 Å². The molecule has 0 unspecified atom stereocenters. The summed E-state index contributed by atoms with van der Waals surface area (Å²) in [5, 5.41) is 5.60. The molecular formula is C14H13Cl2N3O2S. The van der Waals surface area contributed by atoms with Crippen LogP contribution in [0.5, 0.6) is 0 Å². The molecule has 2 amide bonds. The van der Waals surface area contributed by atoms with E-state index >= 15 is 0 Å².